The lowest BCUT2D eigenvalue weighted by Gasteiger charge is -2.13. The number of carbonyl (C=O) groups is 1. The summed E-state index contributed by atoms with van der Waals surface area (Å²) in [5, 5.41) is 3.05. The van der Waals surface area contributed by atoms with E-state index < -0.39 is 0 Å². The molecule has 0 bridgehead atoms. The minimum absolute atomic E-state index is 0.0222. The molecule has 110 valence electrons. The summed E-state index contributed by atoms with van der Waals surface area (Å²) in [5.41, 5.74) is 3.45. The molecule has 0 saturated carbocycles. The summed E-state index contributed by atoms with van der Waals surface area (Å²) in [6, 6.07) is 14.2. The van der Waals surface area contributed by atoms with E-state index in [1.54, 1.807) is 0 Å². The predicted molar refractivity (Wildman–Crippen MR) is 83.8 cm³/mol. The number of hydrogen-bond acceptors (Lipinski definition) is 1. The lowest BCUT2D eigenvalue weighted by Crippen LogP contribution is -2.45. The van der Waals surface area contributed by atoms with Crippen molar-refractivity contribution in [3.05, 3.63) is 65.5 Å². The Morgan fingerprint density at radius 1 is 1.19 bits per heavy atom. The first-order valence-corrected chi connectivity index (χ1v) is 7.43. The first-order chi connectivity index (χ1) is 10.1. The normalized spacial score (nSPS) is 12.0. The van der Waals surface area contributed by atoms with E-state index in [1.165, 1.54) is 5.56 Å². The Labute approximate surface area is 126 Å². The van der Waals surface area contributed by atoms with Crippen molar-refractivity contribution in [2.45, 2.75) is 39.8 Å². The van der Waals surface area contributed by atoms with E-state index in [2.05, 4.69) is 30.6 Å². The molecule has 0 aliphatic rings. The van der Waals surface area contributed by atoms with Gasteiger partial charge in [0.15, 0.2) is 11.9 Å². The molecule has 0 spiro atoms. The van der Waals surface area contributed by atoms with Crippen molar-refractivity contribution < 1.29 is 9.36 Å². The van der Waals surface area contributed by atoms with E-state index in [0.29, 0.717) is 6.54 Å². The summed E-state index contributed by atoms with van der Waals surface area (Å²) in [4.78, 5) is 12.2. The van der Waals surface area contributed by atoms with Crippen molar-refractivity contribution in [2.75, 3.05) is 0 Å². The van der Waals surface area contributed by atoms with Crippen molar-refractivity contribution >= 4 is 5.91 Å². The van der Waals surface area contributed by atoms with Gasteiger partial charge in [-0.1, -0.05) is 37.3 Å². The van der Waals surface area contributed by atoms with Crippen molar-refractivity contribution in [3.63, 3.8) is 0 Å². The first kappa shape index (κ1) is 15.2. The summed E-state index contributed by atoms with van der Waals surface area (Å²) in [6.45, 7) is 6.50. The van der Waals surface area contributed by atoms with Crippen molar-refractivity contribution in [1.29, 1.82) is 0 Å². The number of nitrogens with zero attached hydrogens (tertiary/aromatic N) is 1. The van der Waals surface area contributed by atoms with E-state index in [-0.39, 0.29) is 11.9 Å². The number of pyridine rings is 1. The van der Waals surface area contributed by atoms with Gasteiger partial charge in [0.2, 0.25) is 6.54 Å². The van der Waals surface area contributed by atoms with E-state index in [0.717, 1.165) is 17.7 Å². The van der Waals surface area contributed by atoms with E-state index >= 15 is 0 Å². The lowest BCUT2D eigenvalue weighted by molar-refractivity contribution is -0.690. The number of carbonyl (C=O) groups excluding carboxylic acids is 1. The molecular formula is C18H23N2O+. The maximum Gasteiger partial charge on any atom is 0.286 e. The van der Waals surface area contributed by atoms with Crippen LogP contribution in [0.15, 0.2) is 48.7 Å². The fraction of sp³-hybridized carbons (Fsp3) is 0.333. The number of amides is 1. The summed E-state index contributed by atoms with van der Waals surface area (Å²) in [6.07, 6.45) is 3.03. The highest BCUT2D eigenvalue weighted by Crippen LogP contribution is 2.10. The van der Waals surface area contributed by atoms with Crippen LogP contribution in [0.25, 0.3) is 0 Å². The van der Waals surface area contributed by atoms with Gasteiger partial charge in [0.1, 0.15) is 0 Å². The molecule has 0 fully saturated rings. The second kappa shape index (κ2) is 7.02. The Bertz CT molecular complexity index is 608. The molecule has 0 unspecified atom stereocenters. The van der Waals surface area contributed by atoms with Gasteiger partial charge in [-0.25, -0.2) is 0 Å². The molecule has 1 heterocycles. The molecule has 1 N–H and O–H groups in total. The Balaban J connectivity index is 2.02. The Hall–Kier alpha value is -2.16. The number of hydrogen-bond donors (Lipinski definition) is 1. The second-order valence-corrected chi connectivity index (χ2v) is 5.36. The van der Waals surface area contributed by atoms with Crippen LogP contribution in [0.4, 0.5) is 0 Å². The van der Waals surface area contributed by atoms with Crippen LogP contribution < -0.4 is 9.88 Å². The zero-order valence-corrected chi connectivity index (χ0v) is 13.0. The van der Waals surface area contributed by atoms with E-state index in [9.17, 15) is 4.79 Å². The molecule has 0 aliphatic carbocycles. The van der Waals surface area contributed by atoms with Crippen LogP contribution >= 0.6 is 0 Å². The maximum absolute atomic E-state index is 12.2. The van der Waals surface area contributed by atoms with Crippen LogP contribution in [0.5, 0.6) is 0 Å². The molecule has 1 amide bonds. The highest BCUT2D eigenvalue weighted by molar-refractivity contribution is 5.74. The molecule has 1 atom stereocenters. The summed E-state index contributed by atoms with van der Waals surface area (Å²) >= 11 is 0. The third-order valence-corrected chi connectivity index (χ3v) is 3.71. The number of nitrogens with one attached hydrogen (secondary N) is 1. The van der Waals surface area contributed by atoms with Crippen LogP contribution in [0, 0.1) is 6.92 Å². The summed E-state index contributed by atoms with van der Waals surface area (Å²) in [7, 11) is 0. The fourth-order valence-electron chi connectivity index (χ4n) is 2.31. The minimum Gasteiger partial charge on any atom is -0.344 e. The average molecular weight is 283 g/mol. The average Bonchev–Trinajstić information content (AvgIpc) is 2.50. The topological polar surface area (TPSA) is 33.0 Å². The number of aryl methyl sites for hydroxylation is 2. The van der Waals surface area contributed by atoms with Crippen LogP contribution in [0.1, 0.15) is 36.7 Å². The largest absolute Gasteiger partial charge is 0.344 e. The molecule has 1 aromatic heterocycles. The maximum atomic E-state index is 12.2. The van der Waals surface area contributed by atoms with Gasteiger partial charge in [-0.3, -0.25) is 4.79 Å². The van der Waals surface area contributed by atoms with Gasteiger partial charge >= 0.3 is 0 Å². The summed E-state index contributed by atoms with van der Waals surface area (Å²) in [5.74, 6) is 0.0349. The molecule has 21 heavy (non-hydrogen) atoms. The number of benzene rings is 1. The number of rotatable bonds is 5. The molecule has 0 aliphatic heterocycles. The van der Waals surface area contributed by atoms with Crippen molar-refractivity contribution in [3.8, 4) is 0 Å². The lowest BCUT2D eigenvalue weighted by atomic mass is 10.1. The van der Waals surface area contributed by atoms with Crippen molar-refractivity contribution in [1.82, 2.24) is 5.32 Å². The molecule has 2 rings (SSSR count). The molecule has 3 heteroatoms. The van der Waals surface area contributed by atoms with Crippen molar-refractivity contribution in [2.24, 2.45) is 0 Å². The van der Waals surface area contributed by atoms with Gasteiger partial charge < -0.3 is 5.32 Å². The first-order valence-electron chi connectivity index (χ1n) is 7.43. The Morgan fingerprint density at radius 3 is 2.57 bits per heavy atom. The highest BCUT2D eigenvalue weighted by Gasteiger charge is 2.15. The molecule has 2 aromatic rings. The van der Waals surface area contributed by atoms with Gasteiger partial charge in [0.05, 0.1) is 6.04 Å². The Kier molecular flexibility index (Phi) is 5.09. The molecule has 0 radical (unpaired) electrons. The predicted octanol–water partition coefficient (Wildman–Crippen LogP) is 2.72. The smallest absolute Gasteiger partial charge is 0.286 e. The highest BCUT2D eigenvalue weighted by atomic mass is 16.2. The second-order valence-electron chi connectivity index (χ2n) is 5.36. The van der Waals surface area contributed by atoms with Gasteiger partial charge in [0.25, 0.3) is 5.91 Å². The van der Waals surface area contributed by atoms with Crippen LogP contribution in [-0.2, 0) is 17.8 Å². The van der Waals surface area contributed by atoms with Gasteiger partial charge in [-0.2, -0.15) is 4.57 Å². The van der Waals surface area contributed by atoms with Crippen LogP contribution in [0.2, 0.25) is 0 Å². The van der Waals surface area contributed by atoms with Crippen LogP contribution in [0.3, 0.4) is 0 Å². The fourth-order valence-corrected chi connectivity index (χ4v) is 2.31. The molecule has 0 saturated heterocycles. The third-order valence-electron chi connectivity index (χ3n) is 3.71. The van der Waals surface area contributed by atoms with Gasteiger partial charge in [0, 0.05) is 18.6 Å². The molecular weight excluding hydrogens is 260 g/mol. The summed E-state index contributed by atoms with van der Waals surface area (Å²) < 4.78 is 2.01. The van der Waals surface area contributed by atoms with Gasteiger partial charge in [-0.15, -0.1) is 0 Å². The number of aromatic nitrogens is 1. The van der Waals surface area contributed by atoms with Gasteiger partial charge in [-0.05, 0) is 25.0 Å². The standard InChI is InChI=1S/C18H22N2O/c1-4-16-11-10-14(2)20(12-16)13-18(21)19-15(3)17-8-6-5-7-9-17/h5-12,15H,4,13H2,1-3H3/p+1/t15-/m1/s1. The zero-order chi connectivity index (χ0) is 15.2. The Morgan fingerprint density at radius 2 is 1.90 bits per heavy atom. The van der Waals surface area contributed by atoms with E-state index in [4.69, 9.17) is 0 Å². The quantitative estimate of drug-likeness (QED) is 0.841. The molecule has 3 nitrogen and oxygen atoms in total. The van der Waals surface area contributed by atoms with E-state index in [1.807, 2.05) is 48.7 Å². The molecule has 1 aromatic carbocycles. The SMILES string of the molecule is CCc1ccc(C)[n+](CC(=O)N[C@H](C)c2ccccc2)c1. The zero-order valence-electron chi connectivity index (χ0n) is 13.0. The minimum atomic E-state index is 0.0222. The third kappa shape index (κ3) is 4.15. The van der Waals surface area contributed by atoms with Crippen LogP contribution in [-0.4, -0.2) is 5.91 Å². The monoisotopic (exact) mass is 283 g/mol.